The number of benzene rings is 1. The van der Waals surface area contributed by atoms with E-state index >= 15 is 0 Å². The topological polar surface area (TPSA) is 23.5 Å². The van der Waals surface area contributed by atoms with Crippen LogP contribution < -0.4 is 0 Å². The fourth-order valence-corrected chi connectivity index (χ4v) is 3.05. The van der Waals surface area contributed by atoms with Crippen molar-refractivity contribution >= 4 is 0 Å². The van der Waals surface area contributed by atoms with Crippen LogP contribution in [-0.2, 0) is 0 Å². The van der Waals surface area contributed by atoms with Crippen LogP contribution in [0.15, 0.2) is 18.2 Å². The summed E-state index contributed by atoms with van der Waals surface area (Å²) < 4.78 is 0. The van der Waals surface area contributed by atoms with Crippen molar-refractivity contribution in [2.75, 3.05) is 6.54 Å². The molecule has 0 radical (unpaired) electrons. The number of phenols is 1. The van der Waals surface area contributed by atoms with Crippen LogP contribution in [0.3, 0.4) is 0 Å². The molecular weight excluding hydrogens is 222 g/mol. The molecule has 1 aliphatic heterocycles. The molecule has 3 unspecified atom stereocenters. The maximum absolute atomic E-state index is 10.1. The zero-order chi connectivity index (χ0) is 13.3. The molecule has 2 nitrogen and oxygen atoms in total. The molecule has 1 aromatic carbocycles. The van der Waals surface area contributed by atoms with Gasteiger partial charge in [-0.05, 0) is 51.2 Å². The van der Waals surface area contributed by atoms with Crippen LogP contribution >= 0.6 is 0 Å². The highest BCUT2D eigenvalue weighted by Crippen LogP contribution is 2.34. The third-order valence-electron chi connectivity index (χ3n) is 4.30. The molecule has 0 spiro atoms. The summed E-state index contributed by atoms with van der Waals surface area (Å²) in [5.41, 5.74) is 2.17. The number of aryl methyl sites for hydroxylation is 1. The zero-order valence-electron chi connectivity index (χ0n) is 12.0. The van der Waals surface area contributed by atoms with Gasteiger partial charge in [0.05, 0.1) is 0 Å². The molecule has 18 heavy (non-hydrogen) atoms. The lowest BCUT2D eigenvalue weighted by Gasteiger charge is -2.41. The molecular formula is C16H25NO. The van der Waals surface area contributed by atoms with E-state index in [0.29, 0.717) is 17.8 Å². The molecule has 2 rings (SSSR count). The van der Waals surface area contributed by atoms with Gasteiger partial charge in [0.25, 0.3) is 0 Å². The SMILES string of the molecule is Cc1ccc(C(C)N2CC(C)CCC2C)c(O)c1. The van der Waals surface area contributed by atoms with Gasteiger partial charge in [0.15, 0.2) is 0 Å². The summed E-state index contributed by atoms with van der Waals surface area (Å²) in [6, 6.07) is 6.93. The van der Waals surface area contributed by atoms with Crippen LogP contribution in [0.2, 0.25) is 0 Å². The Labute approximate surface area is 111 Å². The summed E-state index contributed by atoms with van der Waals surface area (Å²) >= 11 is 0. The van der Waals surface area contributed by atoms with Gasteiger partial charge in [0.1, 0.15) is 5.75 Å². The molecule has 1 heterocycles. The molecule has 100 valence electrons. The van der Waals surface area contributed by atoms with Gasteiger partial charge in [0.2, 0.25) is 0 Å². The Bertz CT molecular complexity index is 416. The van der Waals surface area contributed by atoms with Gasteiger partial charge in [-0.1, -0.05) is 19.1 Å². The van der Waals surface area contributed by atoms with Gasteiger partial charge in [-0.25, -0.2) is 0 Å². The second-order valence-corrected chi connectivity index (χ2v) is 5.97. The van der Waals surface area contributed by atoms with E-state index in [1.165, 1.54) is 12.8 Å². The van der Waals surface area contributed by atoms with Crippen molar-refractivity contribution in [2.24, 2.45) is 5.92 Å². The first-order chi connectivity index (χ1) is 8.49. The van der Waals surface area contributed by atoms with Crippen LogP contribution in [0.25, 0.3) is 0 Å². The molecule has 1 aromatic rings. The lowest BCUT2D eigenvalue weighted by Crippen LogP contribution is -2.42. The smallest absolute Gasteiger partial charge is 0.120 e. The molecule has 1 N–H and O–H groups in total. The predicted octanol–water partition coefficient (Wildman–Crippen LogP) is 3.88. The average Bonchev–Trinajstić information content (AvgIpc) is 2.31. The largest absolute Gasteiger partial charge is 0.508 e. The molecule has 0 bridgehead atoms. The maximum atomic E-state index is 10.1. The zero-order valence-corrected chi connectivity index (χ0v) is 12.0. The number of phenolic OH excluding ortho intramolecular Hbond substituents is 1. The van der Waals surface area contributed by atoms with E-state index in [0.717, 1.165) is 23.6 Å². The van der Waals surface area contributed by atoms with E-state index in [-0.39, 0.29) is 0 Å². The Morgan fingerprint density at radius 1 is 1.28 bits per heavy atom. The monoisotopic (exact) mass is 247 g/mol. The van der Waals surface area contributed by atoms with Crippen molar-refractivity contribution in [3.05, 3.63) is 29.3 Å². The van der Waals surface area contributed by atoms with Crippen molar-refractivity contribution in [1.82, 2.24) is 4.90 Å². The van der Waals surface area contributed by atoms with Crippen LogP contribution in [0.4, 0.5) is 0 Å². The number of rotatable bonds is 2. The van der Waals surface area contributed by atoms with Crippen LogP contribution in [0, 0.1) is 12.8 Å². The van der Waals surface area contributed by atoms with Crippen molar-refractivity contribution in [1.29, 1.82) is 0 Å². The first-order valence-electron chi connectivity index (χ1n) is 7.04. The summed E-state index contributed by atoms with van der Waals surface area (Å²) in [6.07, 6.45) is 2.59. The van der Waals surface area contributed by atoms with Crippen LogP contribution in [0.1, 0.15) is 50.8 Å². The van der Waals surface area contributed by atoms with Gasteiger partial charge in [-0.2, -0.15) is 0 Å². The van der Waals surface area contributed by atoms with Crippen molar-refractivity contribution in [2.45, 2.75) is 52.6 Å². The first kappa shape index (κ1) is 13.4. The van der Waals surface area contributed by atoms with E-state index in [4.69, 9.17) is 0 Å². The summed E-state index contributed by atoms with van der Waals surface area (Å²) in [5.74, 6) is 1.20. The normalized spacial score (nSPS) is 27.1. The third-order valence-corrected chi connectivity index (χ3v) is 4.30. The van der Waals surface area contributed by atoms with E-state index in [9.17, 15) is 5.11 Å². The summed E-state index contributed by atoms with van der Waals surface area (Å²) in [7, 11) is 0. The van der Waals surface area contributed by atoms with Gasteiger partial charge in [-0.15, -0.1) is 0 Å². The van der Waals surface area contributed by atoms with E-state index < -0.39 is 0 Å². The Balaban J connectivity index is 2.21. The number of hydrogen-bond acceptors (Lipinski definition) is 2. The molecule has 0 amide bonds. The summed E-state index contributed by atoms with van der Waals surface area (Å²) in [5, 5.41) is 10.1. The molecule has 2 heteroatoms. The highest BCUT2D eigenvalue weighted by atomic mass is 16.3. The Morgan fingerprint density at radius 2 is 2.00 bits per heavy atom. The van der Waals surface area contributed by atoms with Crippen molar-refractivity contribution < 1.29 is 5.11 Å². The Morgan fingerprint density at radius 3 is 2.67 bits per heavy atom. The number of hydrogen-bond donors (Lipinski definition) is 1. The van der Waals surface area contributed by atoms with E-state index in [1.807, 2.05) is 13.0 Å². The van der Waals surface area contributed by atoms with Crippen molar-refractivity contribution in [3.8, 4) is 5.75 Å². The fraction of sp³-hybridized carbons (Fsp3) is 0.625. The van der Waals surface area contributed by atoms with Gasteiger partial charge >= 0.3 is 0 Å². The summed E-state index contributed by atoms with van der Waals surface area (Å²) in [4.78, 5) is 2.53. The summed E-state index contributed by atoms with van der Waals surface area (Å²) in [6.45, 7) is 9.97. The van der Waals surface area contributed by atoms with E-state index in [2.05, 4.69) is 37.8 Å². The number of nitrogens with zero attached hydrogens (tertiary/aromatic N) is 1. The lowest BCUT2D eigenvalue weighted by molar-refractivity contribution is 0.0833. The third kappa shape index (κ3) is 2.69. The lowest BCUT2D eigenvalue weighted by atomic mass is 9.92. The molecule has 3 atom stereocenters. The second-order valence-electron chi connectivity index (χ2n) is 5.97. The average molecular weight is 247 g/mol. The van der Waals surface area contributed by atoms with Gasteiger partial charge < -0.3 is 5.11 Å². The quantitative estimate of drug-likeness (QED) is 0.857. The van der Waals surface area contributed by atoms with Crippen LogP contribution in [0.5, 0.6) is 5.75 Å². The van der Waals surface area contributed by atoms with E-state index in [1.54, 1.807) is 0 Å². The minimum absolute atomic E-state index is 0.295. The molecule has 0 aromatic heterocycles. The fourth-order valence-electron chi connectivity index (χ4n) is 3.05. The van der Waals surface area contributed by atoms with Gasteiger partial charge in [0, 0.05) is 24.2 Å². The highest BCUT2D eigenvalue weighted by Gasteiger charge is 2.28. The Hall–Kier alpha value is -1.02. The highest BCUT2D eigenvalue weighted by molar-refractivity contribution is 5.38. The maximum Gasteiger partial charge on any atom is 0.120 e. The second kappa shape index (κ2) is 5.31. The van der Waals surface area contributed by atoms with Gasteiger partial charge in [-0.3, -0.25) is 4.90 Å². The standard InChI is InChI=1S/C16H25NO/c1-11-6-8-15(16(18)9-11)14(4)17-10-12(2)5-7-13(17)3/h6,8-9,12-14,18H,5,7,10H2,1-4H3. The number of piperidine rings is 1. The number of aromatic hydroxyl groups is 1. The molecule has 1 saturated heterocycles. The minimum atomic E-state index is 0.295. The number of likely N-dealkylation sites (tertiary alicyclic amines) is 1. The molecule has 0 saturated carbocycles. The van der Waals surface area contributed by atoms with Crippen molar-refractivity contribution in [3.63, 3.8) is 0 Å². The molecule has 1 fully saturated rings. The predicted molar refractivity (Wildman–Crippen MR) is 75.8 cm³/mol. The Kier molecular flexibility index (Phi) is 3.96. The van der Waals surface area contributed by atoms with Crippen LogP contribution in [-0.4, -0.2) is 22.6 Å². The minimum Gasteiger partial charge on any atom is -0.508 e. The molecule has 1 aliphatic rings. The first-order valence-corrected chi connectivity index (χ1v) is 7.04. The molecule has 0 aliphatic carbocycles.